The summed E-state index contributed by atoms with van der Waals surface area (Å²) in [5, 5.41) is 3.98. The van der Waals surface area contributed by atoms with Crippen LogP contribution in [0.25, 0.3) is 0 Å². The number of aryl methyl sites for hydroxylation is 1. The van der Waals surface area contributed by atoms with Crippen LogP contribution >= 0.6 is 0 Å². The minimum absolute atomic E-state index is 0.0117. The van der Waals surface area contributed by atoms with Crippen molar-refractivity contribution in [1.29, 1.82) is 0 Å². The van der Waals surface area contributed by atoms with Crippen molar-refractivity contribution in [2.24, 2.45) is 11.0 Å². The van der Waals surface area contributed by atoms with Crippen molar-refractivity contribution >= 4 is 18.1 Å². The molecule has 1 fully saturated rings. The molecule has 6 nitrogen and oxygen atoms in total. The fourth-order valence-corrected chi connectivity index (χ4v) is 2.41. The van der Waals surface area contributed by atoms with Gasteiger partial charge in [-0.25, -0.2) is 5.43 Å². The zero-order valence-electron chi connectivity index (χ0n) is 14.7. The van der Waals surface area contributed by atoms with E-state index < -0.39 is 0 Å². The number of hydrazone groups is 1. The van der Waals surface area contributed by atoms with Crippen LogP contribution in [-0.4, -0.2) is 25.2 Å². The van der Waals surface area contributed by atoms with Gasteiger partial charge in [-0.15, -0.1) is 0 Å². The summed E-state index contributed by atoms with van der Waals surface area (Å²) in [5.74, 6) is 0.327. The first kappa shape index (κ1) is 17.7. The smallest absolute Gasteiger partial charge is 0.314 e. The third-order valence-electron chi connectivity index (χ3n) is 4.08. The lowest BCUT2D eigenvalue weighted by atomic mass is 10.1. The number of hydrogen-bond donors (Lipinski definition) is 1. The zero-order valence-corrected chi connectivity index (χ0v) is 14.7. The summed E-state index contributed by atoms with van der Waals surface area (Å²) in [4.78, 5) is 23.9. The van der Waals surface area contributed by atoms with E-state index in [2.05, 4.69) is 10.5 Å². The average molecular weight is 352 g/mol. The number of nitrogens with zero attached hydrogens (tertiary/aromatic N) is 1. The Kier molecular flexibility index (Phi) is 5.31. The summed E-state index contributed by atoms with van der Waals surface area (Å²) in [7, 11) is 1.50. The molecule has 1 aliphatic carbocycles. The Morgan fingerprint density at radius 2 is 1.92 bits per heavy atom. The molecule has 2 aromatic carbocycles. The van der Waals surface area contributed by atoms with Crippen molar-refractivity contribution in [3.63, 3.8) is 0 Å². The van der Waals surface area contributed by atoms with Crippen LogP contribution < -0.4 is 14.9 Å². The van der Waals surface area contributed by atoms with E-state index in [4.69, 9.17) is 9.47 Å². The number of esters is 1. The maximum Gasteiger partial charge on any atom is 0.314 e. The fraction of sp³-hybridized carbons (Fsp3) is 0.250. The van der Waals surface area contributed by atoms with Gasteiger partial charge in [0.05, 0.1) is 19.2 Å². The van der Waals surface area contributed by atoms with E-state index in [9.17, 15) is 9.59 Å². The number of rotatable bonds is 6. The molecular weight excluding hydrogens is 332 g/mol. The maximum atomic E-state index is 12.1. The van der Waals surface area contributed by atoms with Crippen molar-refractivity contribution in [2.75, 3.05) is 7.11 Å². The molecule has 0 heterocycles. The van der Waals surface area contributed by atoms with Crippen LogP contribution in [0.15, 0.2) is 47.6 Å². The van der Waals surface area contributed by atoms with Gasteiger partial charge in [-0.1, -0.05) is 18.2 Å². The van der Waals surface area contributed by atoms with Crippen molar-refractivity contribution in [3.8, 4) is 11.5 Å². The molecule has 0 radical (unpaired) electrons. The van der Waals surface area contributed by atoms with Crippen LogP contribution in [0.1, 0.15) is 34.3 Å². The molecular formula is C20H20N2O4. The molecule has 1 N–H and O–H groups in total. The molecule has 0 unspecified atom stereocenters. The minimum atomic E-state index is -0.277. The van der Waals surface area contributed by atoms with Crippen molar-refractivity contribution in [1.82, 2.24) is 5.43 Å². The average Bonchev–Trinajstić information content (AvgIpc) is 3.48. The van der Waals surface area contributed by atoms with Gasteiger partial charge in [-0.05, 0) is 55.2 Å². The van der Waals surface area contributed by atoms with Gasteiger partial charge < -0.3 is 9.47 Å². The first-order valence-corrected chi connectivity index (χ1v) is 8.37. The summed E-state index contributed by atoms with van der Waals surface area (Å²) in [6.45, 7) is 1.87. The maximum absolute atomic E-state index is 12.1. The van der Waals surface area contributed by atoms with Crippen LogP contribution in [0.4, 0.5) is 0 Å². The molecule has 0 bridgehead atoms. The summed E-state index contributed by atoms with van der Waals surface area (Å²) < 4.78 is 10.6. The lowest BCUT2D eigenvalue weighted by Crippen LogP contribution is -2.18. The molecule has 1 saturated carbocycles. The van der Waals surface area contributed by atoms with E-state index in [0.29, 0.717) is 22.6 Å². The highest BCUT2D eigenvalue weighted by Crippen LogP contribution is 2.34. The van der Waals surface area contributed by atoms with Crippen LogP contribution in [-0.2, 0) is 4.79 Å². The van der Waals surface area contributed by atoms with Gasteiger partial charge in [0.25, 0.3) is 5.91 Å². The molecule has 1 amide bonds. The van der Waals surface area contributed by atoms with Gasteiger partial charge >= 0.3 is 5.97 Å². The van der Waals surface area contributed by atoms with E-state index in [0.717, 1.165) is 18.4 Å². The Hall–Kier alpha value is -3.15. The second-order valence-electron chi connectivity index (χ2n) is 6.12. The number of methoxy groups -OCH3 is 1. The number of ether oxygens (including phenoxy) is 2. The fourth-order valence-electron chi connectivity index (χ4n) is 2.41. The zero-order chi connectivity index (χ0) is 18.5. The molecule has 0 aliphatic heterocycles. The molecule has 0 saturated heterocycles. The molecule has 0 aromatic heterocycles. The summed E-state index contributed by atoms with van der Waals surface area (Å²) in [6, 6.07) is 12.4. The van der Waals surface area contributed by atoms with Crippen LogP contribution in [0.2, 0.25) is 0 Å². The normalized spacial score (nSPS) is 13.5. The Morgan fingerprint density at radius 1 is 1.15 bits per heavy atom. The van der Waals surface area contributed by atoms with E-state index in [-0.39, 0.29) is 17.8 Å². The first-order valence-electron chi connectivity index (χ1n) is 8.37. The van der Waals surface area contributed by atoms with E-state index in [1.165, 1.54) is 13.3 Å². The number of carbonyl (C=O) groups excluding carboxylic acids is 2. The van der Waals surface area contributed by atoms with E-state index in [1.54, 1.807) is 30.3 Å². The van der Waals surface area contributed by atoms with Gasteiger partial charge in [0.1, 0.15) is 0 Å². The second-order valence-corrected chi connectivity index (χ2v) is 6.12. The summed E-state index contributed by atoms with van der Waals surface area (Å²) in [5.41, 5.74) is 4.66. The third kappa shape index (κ3) is 4.27. The van der Waals surface area contributed by atoms with Crippen LogP contribution in [0, 0.1) is 12.8 Å². The van der Waals surface area contributed by atoms with Crippen LogP contribution in [0.5, 0.6) is 11.5 Å². The number of nitrogens with one attached hydrogen (secondary N) is 1. The second kappa shape index (κ2) is 7.82. The largest absolute Gasteiger partial charge is 0.493 e. The molecule has 26 heavy (non-hydrogen) atoms. The number of carbonyl (C=O) groups is 2. The van der Waals surface area contributed by atoms with Gasteiger partial charge in [0.15, 0.2) is 11.5 Å². The highest BCUT2D eigenvalue weighted by Gasteiger charge is 2.32. The minimum Gasteiger partial charge on any atom is -0.493 e. The Bertz CT molecular complexity index is 857. The SMILES string of the molecule is COc1cc(/C=N\NC(=O)c2ccccc2C)ccc1OC(=O)C1CC1. The van der Waals surface area contributed by atoms with Crippen molar-refractivity contribution in [3.05, 3.63) is 59.2 Å². The topological polar surface area (TPSA) is 77.0 Å². The van der Waals surface area contributed by atoms with Crippen LogP contribution in [0.3, 0.4) is 0 Å². The molecule has 0 spiro atoms. The number of benzene rings is 2. The lowest BCUT2D eigenvalue weighted by molar-refractivity contribution is -0.135. The lowest BCUT2D eigenvalue weighted by Gasteiger charge is -2.09. The first-order chi connectivity index (χ1) is 12.6. The highest BCUT2D eigenvalue weighted by atomic mass is 16.6. The molecule has 3 rings (SSSR count). The van der Waals surface area contributed by atoms with Crippen molar-refractivity contribution < 1.29 is 19.1 Å². The van der Waals surface area contributed by atoms with Gasteiger partial charge in [0.2, 0.25) is 0 Å². The van der Waals surface area contributed by atoms with Gasteiger partial charge in [-0.3, -0.25) is 9.59 Å². The molecule has 2 aromatic rings. The quantitative estimate of drug-likeness (QED) is 0.375. The molecule has 0 atom stereocenters. The monoisotopic (exact) mass is 352 g/mol. The molecule has 6 heteroatoms. The third-order valence-corrected chi connectivity index (χ3v) is 4.08. The summed E-state index contributed by atoms with van der Waals surface area (Å²) >= 11 is 0. The van der Waals surface area contributed by atoms with Crippen molar-refractivity contribution in [2.45, 2.75) is 19.8 Å². The Balaban J connectivity index is 1.65. The highest BCUT2D eigenvalue weighted by molar-refractivity contribution is 5.96. The Morgan fingerprint density at radius 3 is 2.62 bits per heavy atom. The van der Waals surface area contributed by atoms with E-state index >= 15 is 0 Å². The van der Waals surface area contributed by atoms with Gasteiger partial charge in [-0.2, -0.15) is 5.10 Å². The number of hydrogen-bond acceptors (Lipinski definition) is 5. The summed E-state index contributed by atoms with van der Waals surface area (Å²) in [6.07, 6.45) is 3.27. The standard InChI is InChI=1S/C20H20N2O4/c1-13-5-3-4-6-16(13)19(23)22-21-12-14-7-10-17(18(11-14)25-2)26-20(24)15-8-9-15/h3-7,10-12,15H,8-9H2,1-2H3,(H,22,23)/b21-12-. The number of amides is 1. The Labute approximate surface area is 151 Å². The van der Waals surface area contributed by atoms with Gasteiger partial charge in [0, 0.05) is 5.56 Å². The predicted molar refractivity (Wildman–Crippen MR) is 97.6 cm³/mol. The van der Waals surface area contributed by atoms with E-state index in [1.807, 2.05) is 19.1 Å². The molecule has 134 valence electrons. The molecule has 1 aliphatic rings. The predicted octanol–water partition coefficient (Wildman–Crippen LogP) is 3.08.